The zero-order valence-electron chi connectivity index (χ0n) is 13.0. The van der Waals surface area contributed by atoms with E-state index in [2.05, 4.69) is 10.6 Å². The Labute approximate surface area is 137 Å². The monoisotopic (exact) mass is 330 g/mol. The van der Waals surface area contributed by atoms with Gasteiger partial charge in [-0.25, -0.2) is 8.78 Å². The smallest absolute Gasteiger partial charge is 0.228 e. The van der Waals surface area contributed by atoms with E-state index in [1.54, 1.807) is 0 Å². The van der Waals surface area contributed by atoms with Crippen molar-refractivity contribution in [2.24, 2.45) is 5.92 Å². The first-order valence-electron chi connectivity index (χ1n) is 7.58. The second kappa shape index (κ2) is 6.39. The minimum atomic E-state index is -1.09. The maximum absolute atomic E-state index is 13.5. The molecule has 2 amide bonds. The van der Waals surface area contributed by atoms with Gasteiger partial charge in [0.1, 0.15) is 0 Å². The van der Waals surface area contributed by atoms with Gasteiger partial charge in [-0.2, -0.15) is 0 Å². The molecule has 0 aromatic heterocycles. The molecule has 1 fully saturated rings. The normalized spacial score (nSPS) is 18.8. The van der Waals surface area contributed by atoms with Gasteiger partial charge in [0.15, 0.2) is 11.6 Å². The molecule has 2 aromatic carbocycles. The van der Waals surface area contributed by atoms with Crippen molar-refractivity contribution < 1.29 is 18.4 Å². The van der Waals surface area contributed by atoms with Crippen molar-refractivity contribution in [1.29, 1.82) is 0 Å². The van der Waals surface area contributed by atoms with Crippen LogP contribution < -0.4 is 10.6 Å². The largest absolute Gasteiger partial charge is 0.324 e. The average molecular weight is 330 g/mol. The topological polar surface area (TPSA) is 58.2 Å². The summed E-state index contributed by atoms with van der Waals surface area (Å²) >= 11 is 0. The number of rotatable bonds is 4. The lowest BCUT2D eigenvalue weighted by Crippen LogP contribution is -2.17. The van der Waals surface area contributed by atoms with Crippen molar-refractivity contribution in [3.8, 4) is 0 Å². The van der Waals surface area contributed by atoms with Gasteiger partial charge < -0.3 is 10.6 Å². The summed E-state index contributed by atoms with van der Waals surface area (Å²) in [7, 11) is 0. The third-order valence-corrected chi connectivity index (χ3v) is 3.98. The Morgan fingerprint density at radius 3 is 2.17 bits per heavy atom. The van der Waals surface area contributed by atoms with Crippen LogP contribution in [0.3, 0.4) is 0 Å². The number of hydrogen-bond acceptors (Lipinski definition) is 2. The van der Waals surface area contributed by atoms with Crippen LogP contribution in [-0.2, 0) is 9.59 Å². The molecule has 24 heavy (non-hydrogen) atoms. The highest BCUT2D eigenvalue weighted by molar-refractivity contribution is 6.01. The Hall–Kier alpha value is -2.76. The zero-order chi connectivity index (χ0) is 17.3. The first-order valence-corrected chi connectivity index (χ1v) is 7.58. The van der Waals surface area contributed by atoms with E-state index in [0.29, 0.717) is 6.42 Å². The summed E-state index contributed by atoms with van der Waals surface area (Å²) < 4.78 is 26.8. The summed E-state index contributed by atoms with van der Waals surface area (Å²) in [5, 5.41) is 4.97. The van der Waals surface area contributed by atoms with Crippen LogP contribution in [0.25, 0.3) is 0 Å². The highest BCUT2D eigenvalue weighted by Gasteiger charge is 2.44. The molecule has 0 aliphatic heterocycles. The Bertz CT molecular complexity index is 793. The van der Waals surface area contributed by atoms with Gasteiger partial charge in [-0.3, -0.25) is 9.59 Å². The van der Waals surface area contributed by atoms with Crippen molar-refractivity contribution in [2.45, 2.75) is 19.3 Å². The molecule has 0 radical (unpaired) electrons. The fourth-order valence-electron chi connectivity index (χ4n) is 2.72. The van der Waals surface area contributed by atoms with E-state index >= 15 is 0 Å². The van der Waals surface area contributed by atoms with Crippen LogP contribution in [-0.4, -0.2) is 11.8 Å². The number of anilines is 2. The predicted molar refractivity (Wildman–Crippen MR) is 86.6 cm³/mol. The molecular weight excluding hydrogens is 314 g/mol. The minimum Gasteiger partial charge on any atom is -0.324 e. The van der Waals surface area contributed by atoms with Crippen LogP contribution in [0.5, 0.6) is 0 Å². The van der Waals surface area contributed by atoms with Crippen LogP contribution in [0.1, 0.15) is 24.8 Å². The second-order valence-corrected chi connectivity index (χ2v) is 5.84. The quantitative estimate of drug-likeness (QED) is 0.899. The summed E-state index contributed by atoms with van der Waals surface area (Å²) in [5.41, 5.74) is 1.16. The molecule has 1 aliphatic rings. The molecular formula is C18H16F2N2O2. The molecule has 1 saturated carbocycles. The maximum Gasteiger partial charge on any atom is 0.228 e. The molecule has 3 rings (SSSR count). The average Bonchev–Trinajstić information content (AvgIpc) is 3.33. The van der Waals surface area contributed by atoms with Gasteiger partial charge in [-0.1, -0.05) is 30.3 Å². The Morgan fingerprint density at radius 2 is 1.58 bits per heavy atom. The van der Waals surface area contributed by atoms with Crippen LogP contribution >= 0.6 is 0 Å². The van der Waals surface area contributed by atoms with Gasteiger partial charge in [0.2, 0.25) is 11.8 Å². The molecule has 1 aliphatic carbocycles. The van der Waals surface area contributed by atoms with E-state index in [-0.39, 0.29) is 29.1 Å². The SMILES string of the molecule is CC(=O)Nc1cc(F)c(F)cc1NC(=O)[C@H]1C[C@H]1c1ccccc1. The molecule has 2 aromatic rings. The number of carbonyl (C=O) groups excluding carboxylic acids is 2. The molecule has 0 bridgehead atoms. The lowest BCUT2D eigenvalue weighted by molar-refractivity contribution is -0.117. The first-order chi connectivity index (χ1) is 11.5. The number of benzene rings is 2. The van der Waals surface area contributed by atoms with Gasteiger partial charge in [-0.05, 0) is 17.9 Å². The number of nitrogens with one attached hydrogen (secondary N) is 2. The van der Waals surface area contributed by atoms with Crippen molar-refractivity contribution in [3.63, 3.8) is 0 Å². The van der Waals surface area contributed by atoms with Crippen molar-refractivity contribution in [1.82, 2.24) is 0 Å². The van der Waals surface area contributed by atoms with Crippen LogP contribution in [0.15, 0.2) is 42.5 Å². The summed E-state index contributed by atoms with van der Waals surface area (Å²) in [6.45, 7) is 1.25. The van der Waals surface area contributed by atoms with E-state index in [0.717, 1.165) is 17.7 Å². The lowest BCUT2D eigenvalue weighted by Gasteiger charge is -2.12. The van der Waals surface area contributed by atoms with E-state index in [9.17, 15) is 18.4 Å². The fraction of sp³-hybridized carbons (Fsp3) is 0.222. The molecule has 6 heteroatoms. The molecule has 0 saturated heterocycles. The number of hydrogen-bond donors (Lipinski definition) is 2. The molecule has 2 atom stereocenters. The van der Waals surface area contributed by atoms with Crippen molar-refractivity contribution in [2.75, 3.05) is 10.6 Å². The number of carbonyl (C=O) groups is 2. The van der Waals surface area contributed by atoms with Gasteiger partial charge in [0, 0.05) is 25.0 Å². The molecule has 0 heterocycles. The fourth-order valence-corrected chi connectivity index (χ4v) is 2.72. The number of amides is 2. The molecule has 0 spiro atoms. The van der Waals surface area contributed by atoms with E-state index < -0.39 is 17.5 Å². The van der Waals surface area contributed by atoms with Crippen LogP contribution in [0, 0.1) is 17.6 Å². The standard InChI is InChI=1S/C18H16F2N2O2/c1-10(23)21-16-8-14(19)15(20)9-17(16)22-18(24)13-7-12(13)11-5-3-2-4-6-11/h2-6,8-9,12-13H,7H2,1H3,(H,21,23)(H,22,24)/t12-,13-/m0/s1. The summed E-state index contributed by atoms with van der Waals surface area (Å²) in [6.07, 6.45) is 0.703. The third-order valence-electron chi connectivity index (χ3n) is 3.98. The van der Waals surface area contributed by atoms with Gasteiger partial charge in [0.05, 0.1) is 11.4 Å². The predicted octanol–water partition coefficient (Wildman–Crippen LogP) is 3.67. The third kappa shape index (κ3) is 3.42. The second-order valence-electron chi connectivity index (χ2n) is 5.84. The van der Waals surface area contributed by atoms with Gasteiger partial charge in [-0.15, -0.1) is 0 Å². The minimum absolute atomic E-state index is 0.0339. The number of halogens is 2. The highest BCUT2D eigenvalue weighted by Crippen LogP contribution is 2.48. The van der Waals surface area contributed by atoms with Gasteiger partial charge >= 0.3 is 0 Å². The van der Waals surface area contributed by atoms with E-state index in [1.165, 1.54) is 6.92 Å². The van der Waals surface area contributed by atoms with E-state index in [4.69, 9.17) is 0 Å². The Morgan fingerprint density at radius 1 is 1.00 bits per heavy atom. The van der Waals surface area contributed by atoms with E-state index in [1.807, 2.05) is 30.3 Å². The van der Waals surface area contributed by atoms with Crippen LogP contribution in [0.2, 0.25) is 0 Å². The first kappa shape index (κ1) is 16.1. The zero-order valence-corrected chi connectivity index (χ0v) is 13.0. The Kier molecular flexibility index (Phi) is 4.29. The molecule has 2 N–H and O–H groups in total. The van der Waals surface area contributed by atoms with Crippen molar-refractivity contribution >= 4 is 23.2 Å². The summed E-state index contributed by atoms with van der Waals surface area (Å²) in [5.74, 6) is -2.99. The molecule has 4 nitrogen and oxygen atoms in total. The Balaban J connectivity index is 1.75. The summed E-state index contributed by atoms with van der Waals surface area (Å²) in [6, 6.07) is 11.4. The molecule has 0 unspecified atom stereocenters. The lowest BCUT2D eigenvalue weighted by atomic mass is 10.1. The maximum atomic E-state index is 13.5. The van der Waals surface area contributed by atoms with Crippen molar-refractivity contribution in [3.05, 3.63) is 59.7 Å². The summed E-state index contributed by atoms with van der Waals surface area (Å²) in [4.78, 5) is 23.5. The highest BCUT2D eigenvalue weighted by atomic mass is 19.2. The molecule has 124 valence electrons. The van der Waals surface area contributed by atoms with Gasteiger partial charge in [0.25, 0.3) is 0 Å². The van der Waals surface area contributed by atoms with Crippen LogP contribution in [0.4, 0.5) is 20.2 Å².